The summed E-state index contributed by atoms with van der Waals surface area (Å²) >= 11 is 0. The molecule has 0 aliphatic heterocycles. The van der Waals surface area contributed by atoms with Crippen molar-refractivity contribution in [3.8, 4) is 0 Å². The Hall–Kier alpha value is -0.880. The van der Waals surface area contributed by atoms with Gasteiger partial charge in [-0.2, -0.15) is 4.40 Å². The maximum atomic E-state index is 10.3. The third-order valence-corrected chi connectivity index (χ3v) is 1.04. The zero-order valence-electron chi connectivity index (χ0n) is 5.48. The van der Waals surface area contributed by atoms with Gasteiger partial charge in [-0.25, -0.2) is 8.42 Å². The van der Waals surface area contributed by atoms with E-state index in [9.17, 15) is 8.42 Å². The fourth-order valence-corrected chi connectivity index (χ4v) is 0.536. The second kappa shape index (κ2) is 4.02. The van der Waals surface area contributed by atoms with Crippen molar-refractivity contribution in [3.63, 3.8) is 0 Å². The zero-order valence-corrected chi connectivity index (χ0v) is 6.30. The summed E-state index contributed by atoms with van der Waals surface area (Å²) in [7, 11) is -3.25. The molecule has 0 unspecified atom stereocenters. The van der Waals surface area contributed by atoms with Gasteiger partial charge in [-0.15, -0.1) is 0 Å². The second-order valence-corrected chi connectivity index (χ2v) is 3.19. The minimum atomic E-state index is -3.25. The summed E-state index contributed by atoms with van der Waals surface area (Å²) in [6.07, 6.45) is 4.87. The Balaban J connectivity index is 3.91. The summed E-state index contributed by atoms with van der Waals surface area (Å²) < 4.78 is 23.8. The lowest BCUT2D eigenvalue weighted by molar-refractivity contribution is 0.604. The average Bonchev–Trinajstić information content (AvgIpc) is 1.78. The molecule has 0 aromatic heterocycles. The Morgan fingerprint density at radius 2 is 2.20 bits per heavy atom. The first-order valence-electron chi connectivity index (χ1n) is 2.43. The van der Waals surface area contributed by atoms with E-state index >= 15 is 0 Å². The van der Waals surface area contributed by atoms with Gasteiger partial charge in [0.2, 0.25) is 10.0 Å². The Kier molecular flexibility index (Phi) is 3.67. The van der Waals surface area contributed by atoms with Crippen molar-refractivity contribution in [1.29, 1.82) is 0 Å². The highest BCUT2D eigenvalue weighted by Gasteiger charge is 1.89. The van der Waals surface area contributed by atoms with Crippen LogP contribution in [-0.2, 0) is 10.0 Å². The summed E-state index contributed by atoms with van der Waals surface area (Å²) in [5, 5.41) is 0. The predicted octanol–water partition coefficient (Wildman–Crippen LogP) is -1.01. The first-order valence-corrected chi connectivity index (χ1v) is 4.27. The van der Waals surface area contributed by atoms with Crippen LogP contribution in [0.3, 0.4) is 0 Å². The smallest absolute Gasteiger partial charge is 0.250 e. The first kappa shape index (κ1) is 9.12. The van der Waals surface area contributed by atoms with E-state index < -0.39 is 10.0 Å². The number of sulfonamides is 1. The van der Waals surface area contributed by atoms with E-state index in [1.165, 1.54) is 12.3 Å². The molecule has 0 radical (unpaired) electrons. The molecule has 0 spiro atoms. The third kappa shape index (κ3) is 7.12. The summed E-state index contributed by atoms with van der Waals surface area (Å²) in [5.41, 5.74) is 2.19. The third-order valence-electron chi connectivity index (χ3n) is 0.531. The van der Waals surface area contributed by atoms with Gasteiger partial charge in [0.05, 0.1) is 6.26 Å². The summed E-state index contributed by atoms with van der Waals surface area (Å²) in [5.74, 6) is 4.83. The molecule has 0 aromatic carbocycles. The van der Waals surface area contributed by atoms with Crippen LogP contribution in [0.25, 0.3) is 0 Å². The van der Waals surface area contributed by atoms with E-state index in [-0.39, 0.29) is 0 Å². The number of hydrazine groups is 1. The lowest BCUT2D eigenvalue weighted by Crippen LogP contribution is -2.12. The van der Waals surface area contributed by atoms with Gasteiger partial charge in [0, 0.05) is 12.4 Å². The molecule has 0 saturated heterocycles. The van der Waals surface area contributed by atoms with Crippen LogP contribution in [0.15, 0.2) is 16.7 Å². The largest absolute Gasteiger partial charge is 0.331 e. The molecule has 0 amide bonds. The molecule has 0 bridgehead atoms. The van der Waals surface area contributed by atoms with Crippen LogP contribution in [0.5, 0.6) is 0 Å². The SMILES string of the molecule is CS(=O)(=O)N=CC=CNN. The lowest BCUT2D eigenvalue weighted by Gasteiger charge is -1.82. The fraction of sp³-hybridized carbons (Fsp3) is 0.250. The Bertz CT molecular complexity index is 229. The van der Waals surface area contributed by atoms with Crippen molar-refractivity contribution >= 4 is 16.2 Å². The van der Waals surface area contributed by atoms with E-state index in [4.69, 9.17) is 5.84 Å². The minimum absolute atomic E-state index is 1.01. The van der Waals surface area contributed by atoms with Crippen LogP contribution in [0.2, 0.25) is 0 Å². The number of nitrogens with zero attached hydrogens (tertiary/aromatic N) is 1. The van der Waals surface area contributed by atoms with E-state index in [0.717, 1.165) is 12.5 Å². The van der Waals surface area contributed by atoms with Crippen LogP contribution in [0, 0.1) is 0 Å². The normalized spacial score (nSPS) is 13.0. The Morgan fingerprint density at radius 3 is 2.60 bits per heavy atom. The maximum absolute atomic E-state index is 10.3. The predicted molar refractivity (Wildman–Crippen MR) is 39.8 cm³/mol. The molecule has 0 heterocycles. The first-order chi connectivity index (χ1) is 4.56. The van der Waals surface area contributed by atoms with Gasteiger partial charge < -0.3 is 5.43 Å². The van der Waals surface area contributed by atoms with E-state index in [1.54, 1.807) is 0 Å². The summed E-state index contributed by atoms with van der Waals surface area (Å²) in [6, 6.07) is 0. The molecule has 0 aliphatic rings. The molecule has 0 rings (SSSR count). The van der Waals surface area contributed by atoms with Crippen molar-refractivity contribution in [2.75, 3.05) is 6.26 Å². The molecule has 5 nitrogen and oxygen atoms in total. The van der Waals surface area contributed by atoms with Crippen LogP contribution in [0.1, 0.15) is 0 Å². The number of nitrogens with one attached hydrogen (secondary N) is 1. The van der Waals surface area contributed by atoms with Gasteiger partial charge >= 0.3 is 0 Å². The van der Waals surface area contributed by atoms with Crippen LogP contribution >= 0.6 is 0 Å². The van der Waals surface area contributed by atoms with Gasteiger partial charge in [0.1, 0.15) is 0 Å². The molecule has 6 heteroatoms. The quantitative estimate of drug-likeness (QED) is 0.317. The van der Waals surface area contributed by atoms with Gasteiger partial charge in [0.15, 0.2) is 0 Å². The number of allylic oxidation sites excluding steroid dienone is 1. The second-order valence-electron chi connectivity index (χ2n) is 1.51. The van der Waals surface area contributed by atoms with Gasteiger partial charge in [0.25, 0.3) is 0 Å². The van der Waals surface area contributed by atoms with Crippen LogP contribution in [0.4, 0.5) is 0 Å². The van der Waals surface area contributed by atoms with Crippen molar-refractivity contribution in [3.05, 3.63) is 12.3 Å². The molecule has 0 saturated carbocycles. The van der Waals surface area contributed by atoms with Crippen molar-refractivity contribution < 1.29 is 8.42 Å². The number of hydrogen-bond donors (Lipinski definition) is 2. The van der Waals surface area contributed by atoms with Crippen molar-refractivity contribution in [1.82, 2.24) is 5.43 Å². The summed E-state index contributed by atoms with van der Waals surface area (Å²) in [4.78, 5) is 0. The lowest BCUT2D eigenvalue weighted by atomic mass is 10.7. The average molecular weight is 163 g/mol. The molecule has 0 fully saturated rings. The molecular weight excluding hydrogens is 154 g/mol. The zero-order chi connectivity index (χ0) is 8.04. The molecule has 0 atom stereocenters. The van der Waals surface area contributed by atoms with E-state index in [1.807, 2.05) is 0 Å². The highest BCUT2D eigenvalue weighted by atomic mass is 32.2. The van der Waals surface area contributed by atoms with Crippen LogP contribution < -0.4 is 11.3 Å². The highest BCUT2D eigenvalue weighted by Crippen LogP contribution is 1.80. The minimum Gasteiger partial charge on any atom is -0.331 e. The van der Waals surface area contributed by atoms with Crippen molar-refractivity contribution in [2.24, 2.45) is 10.2 Å². The van der Waals surface area contributed by atoms with E-state index in [0.29, 0.717) is 0 Å². The van der Waals surface area contributed by atoms with Gasteiger partial charge in [-0.1, -0.05) is 0 Å². The molecule has 0 aliphatic carbocycles. The molecule has 0 aromatic rings. The van der Waals surface area contributed by atoms with Gasteiger partial charge in [-0.3, -0.25) is 5.84 Å². The number of rotatable bonds is 3. The van der Waals surface area contributed by atoms with Crippen molar-refractivity contribution in [2.45, 2.75) is 0 Å². The van der Waals surface area contributed by atoms with E-state index in [2.05, 4.69) is 9.82 Å². The highest BCUT2D eigenvalue weighted by molar-refractivity contribution is 7.89. The Morgan fingerprint density at radius 1 is 1.60 bits per heavy atom. The molecule has 10 heavy (non-hydrogen) atoms. The molecule has 3 N–H and O–H groups in total. The summed E-state index contributed by atoms with van der Waals surface area (Å²) in [6.45, 7) is 0. The number of hydrogen-bond acceptors (Lipinski definition) is 4. The molecule has 58 valence electrons. The maximum Gasteiger partial charge on any atom is 0.250 e. The fourth-order valence-electron chi connectivity index (χ4n) is 0.244. The standard InChI is InChI=1S/C4H9N3O2S/c1-10(8,9)7-4-2-3-6-5/h2-4,6H,5H2,1H3. The topological polar surface area (TPSA) is 84.5 Å². The number of nitrogens with two attached hydrogens (primary N) is 1. The Labute approximate surface area is 59.7 Å². The molecular formula is C4H9N3O2S. The monoisotopic (exact) mass is 163 g/mol. The van der Waals surface area contributed by atoms with Gasteiger partial charge in [-0.05, 0) is 6.08 Å². The van der Waals surface area contributed by atoms with Crippen LogP contribution in [-0.4, -0.2) is 20.9 Å².